The summed E-state index contributed by atoms with van der Waals surface area (Å²) in [6, 6.07) is 17.6. The van der Waals surface area contributed by atoms with Crippen LogP contribution in [0.15, 0.2) is 84.8 Å². The van der Waals surface area contributed by atoms with E-state index in [1.54, 1.807) is 13.3 Å². The van der Waals surface area contributed by atoms with Crippen LogP contribution < -0.4 is 15.5 Å². The number of piperazine rings is 1. The van der Waals surface area contributed by atoms with E-state index in [9.17, 15) is 9.59 Å². The van der Waals surface area contributed by atoms with Crippen molar-refractivity contribution in [3.63, 3.8) is 0 Å². The van der Waals surface area contributed by atoms with Gasteiger partial charge in [0.05, 0.1) is 18.2 Å². The molecule has 2 atom stereocenters. The van der Waals surface area contributed by atoms with Crippen LogP contribution in [-0.2, 0) is 14.3 Å². The highest BCUT2D eigenvalue weighted by Crippen LogP contribution is 2.60. The van der Waals surface area contributed by atoms with E-state index in [0.717, 1.165) is 53.6 Å². The highest BCUT2D eigenvalue weighted by atomic mass is 16.5. The van der Waals surface area contributed by atoms with E-state index in [0.29, 0.717) is 19.0 Å². The Kier molecular flexibility index (Phi) is 6.71. The summed E-state index contributed by atoms with van der Waals surface area (Å²) in [4.78, 5) is 38.1. The number of amides is 2. The van der Waals surface area contributed by atoms with Crippen molar-refractivity contribution in [1.29, 1.82) is 0 Å². The molecule has 1 saturated carbocycles. The van der Waals surface area contributed by atoms with Crippen molar-refractivity contribution in [3.05, 3.63) is 84.8 Å². The molecular weight excluding hydrogens is 504 g/mol. The van der Waals surface area contributed by atoms with Crippen molar-refractivity contribution >= 4 is 34.8 Å². The Hall–Kier alpha value is -4.66. The number of nitrogens with one attached hydrogen (secondary N) is 2. The summed E-state index contributed by atoms with van der Waals surface area (Å²) in [5.74, 6) is 1.70. The SMILES string of the molecule is COC1=CC=CC2(C(=O)N3CCN(c4cccc(Nc5nccc(-c6ccc(NC(C)=O)cc6)n5)c4)CC3)CC12. The first-order valence-electron chi connectivity index (χ1n) is 13.5. The summed E-state index contributed by atoms with van der Waals surface area (Å²) in [6.45, 7) is 4.41. The second-order valence-corrected chi connectivity index (χ2v) is 10.4. The molecule has 0 spiro atoms. The zero-order chi connectivity index (χ0) is 27.7. The van der Waals surface area contributed by atoms with E-state index in [2.05, 4.69) is 43.7 Å². The maximum atomic E-state index is 13.4. The molecule has 9 nitrogen and oxygen atoms in total. The van der Waals surface area contributed by atoms with Gasteiger partial charge in [-0.2, -0.15) is 0 Å². The molecule has 9 heteroatoms. The minimum absolute atomic E-state index is 0.106. The largest absolute Gasteiger partial charge is 0.501 e. The fourth-order valence-electron chi connectivity index (χ4n) is 5.65. The van der Waals surface area contributed by atoms with Gasteiger partial charge in [0, 0.05) is 67.8 Å². The highest BCUT2D eigenvalue weighted by molar-refractivity contribution is 5.90. The number of methoxy groups -OCH3 is 1. The van der Waals surface area contributed by atoms with Crippen molar-refractivity contribution in [3.8, 4) is 11.3 Å². The molecule has 2 aromatic carbocycles. The molecule has 1 saturated heterocycles. The normalized spacial score (nSPS) is 21.2. The molecule has 204 valence electrons. The minimum Gasteiger partial charge on any atom is -0.501 e. The monoisotopic (exact) mass is 536 g/mol. The molecule has 1 aromatic heterocycles. The molecule has 40 heavy (non-hydrogen) atoms. The van der Waals surface area contributed by atoms with Crippen LogP contribution in [-0.4, -0.2) is 60.0 Å². The topological polar surface area (TPSA) is 99.7 Å². The summed E-state index contributed by atoms with van der Waals surface area (Å²) in [5, 5.41) is 6.10. The summed E-state index contributed by atoms with van der Waals surface area (Å²) in [6.07, 6.45) is 8.54. The van der Waals surface area contributed by atoms with Crippen molar-refractivity contribution in [2.24, 2.45) is 11.3 Å². The standard InChI is InChI=1S/C31H32N6O3/c1-21(38)33-23-10-8-22(9-11-23)27-12-14-32-30(35-27)34-24-5-3-6-25(19-24)36-15-17-37(18-16-36)29(39)31-13-4-7-28(40-2)26(31)20-31/h3-14,19,26H,15-18,20H2,1-2H3,(H,33,38)(H,32,34,35). The van der Waals surface area contributed by atoms with Crippen LogP contribution in [0.25, 0.3) is 11.3 Å². The Morgan fingerprint density at radius 3 is 2.58 bits per heavy atom. The molecule has 2 fully saturated rings. The maximum absolute atomic E-state index is 13.4. The Labute approximate surface area is 233 Å². The first-order chi connectivity index (χ1) is 19.4. The van der Waals surface area contributed by atoms with Crippen molar-refractivity contribution < 1.29 is 14.3 Å². The number of carbonyl (C=O) groups excluding carboxylic acids is 2. The number of nitrogens with zero attached hydrogens (tertiary/aromatic N) is 4. The van der Waals surface area contributed by atoms with E-state index in [1.165, 1.54) is 6.92 Å². The number of ether oxygens (including phenoxy) is 1. The van der Waals surface area contributed by atoms with Crippen LogP contribution in [0.4, 0.5) is 23.0 Å². The smallest absolute Gasteiger partial charge is 0.233 e. The number of allylic oxidation sites excluding steroid dienone is 3. The molecule has 0 radical (unpaired) electrons. The van der Waals surface area contributed by atoms with Crippen molar-refractivity contribution in [2.45, 2.75) is 13.3 Å². The molecule has 6 rings (SSSR count). The number of fused-ring (bicyclic) bond motifs is 1. The summed E-state index contributed by atoms with van der Waals surface area (Å²) >= 11 is 0. The third-order valence-corrected chi connectivity index (χ3v) is 7.83. The van der Waals surface area contributed by atoms with Gasteiger partial charge in [0.25, 0.3) is 0 Å². The quantitative estimate of drug-likeness (QED) is 0.455. The van der Waals surface area contributed by atoms with E-state index < -0.39 is 5.41 Å². The Bertz CT molecular complexity index is 1490. The number of hydrogen-bond donors (Lipinski definition) is 2. The van der Waals surface area contributed by atoms with Gasteiger partial charge < -0.3 is 25.2 Å². The van der Waals surface area contributed by atoms with Gasteiger partial charge in [-0.15, -0.1) is 0 Å². The van der Waals surface area contributed by atoms with E-state index in [4.69, 9.17) is 4.74 Å². The maximum Gasteiger partial charge on any atom is 0.233 e. The molecule has 1 aliphatic heterocycles. The summed E-state index contributed by atoms with van der Waals surface area (Å²) < 4.78 is 5.48. The first-order valence-corrected chi connectivity index (χ1v) is 13.5. The van der Waals surface area contributed by atoms with Gasteiger partial charge in [-0.1, -0.05) is 30.4 Å². The lowest BCUT2D eigenvalue weighted by atomic mass is 9.96. The van der Waals surface area contributed by atoms with Gasteiger partial charge >= 0.3 is 0 Å². The van der Waals surface area contributed by atoms with E-state index in [-0.39, 0.29) is 17.7 Å². The minimum atomic E-state index is -0.409. The second kappa shape index (κ2) is 10.5. The fraction of sp³-hybridized carbons (Fsp3) is 0.290. The molecule has 2 unspecified atom stereocenters. The van der Waals surface area contributed by atoms with Crippen LogP contribution >= 0.6 is 0 Å². The fourth-order valence-corrected chi connectivity index (χ4v) is 5.65. The number of aromatic nitrogens is 2. The molecule has 2 N–H and O–H groups in total. The van der Waals surface area contributed by atoms with Gasteiger partial charge in [-0.25, -0.2) is 9.97 Å². The third kappa shape index (κ3) is 5.02. The van der Waals surface area contributed by atoms with Crippen LogP contribution in [0.1, 0.15) is 13.3 Å². The Balaban J connectivity index is 1.08. The van der Waals surface area contributed by atoms with Crippen LogP contribution in [0.3, 0.4) is 0 Å². The number of rotatable bonds is 7. The van der Waals surface area contributed by atoms with Gasteiger partial charge in [0.15, 0.2) is 0 Å². The number of carbonyl (C=O) groups is 2. The lowest BCUT2D eigenvalue weighted by Gasteiger charge is -2.38. The lowest BCUT2D eigenvalue weighted by molar-refractivity contribution is -0.136. The van der Waals surface area contributed by atoms with Crippen LogP contribution in [0, 0.1) is 11.3 Å². The van der Waals surface area contributed by atoms with Gasteiger partial charge in [-0.3, -0.25) is 9.59 Å². The molecular formula is C31H32N6O3. The summed E-state index contributed by atoms with van der Waals surface area (Å²) in [7, 11) is 1.68. The molecule has 0 bridgehead atoms. The molecule has 3 aromatic rings. The Morgan fingerprint density at radius 2 is 1.82 bits per heavy atom. The zero-order valence-electron chi connectivity index (χ0n) is 22.6. The molecule has 3 aliphatic rings. The van der Waals surface area contributed by atoms with Gasteiger partial charge in [0.2, 0.25) is 17.8 Å². The predicted molar refractivity (Wildman–Crippen MR) is 155 cm³/mol. The number of hydrogen-bond acceptors (Lipinski definition) is 7. The average Bonchev–Trinajstić information content (AvgIpc) is 3.74. The highest BCUT2D eigenvalue weighted by Gasteiger charge is 2.62. The number of anilines is 4. The van der Waals surface area contributed by atoms with Crippen molar-refractivity contribution in [2.75, 3.05) is 48.8 Å². The van der Waals surface area contributed by atoms with Crippen LogP contribution in [0.5, 0.6) is 0 Å². The van der Waals surface area contributed by atoms with Crippen molar-refractivity contribution in [1.82, 2.24) is 14.9 Å². The van der Waals surface area contributed by atoms with E-state index in [1.807, 2.05) is 59.5 Å². The van der Waals surface area contributed by atoms with Crippen LogP contribution in [0.2, 0.25) is 0 Å². The molecule has 2 aliphatic carbocycles. The molecule has 2 heterocycles. The molecule has 2 amide bonds. The lowest BCUT2D eigenvalue weighted by Crippen LogP contribution is -2.51. The second-order valence-electron chi connectivity index (χ2n) is 10.4. The first kappa shape index (κ1) is 25.6. The van der Waals surface area contributed by atoms with Gasteiger partial charge in [-0.05, 0) is 48.9 Å². The third-order valence-electron chi connectivity index (χ3n) is 7.83. The Morgan fingerprint density at radius 1 is 1.02 bits per heavy atom. The number of benzene rings is 2. The average molecular weight is 537 g/mol. The van der Waals surface area contributed by atoms with Gasteiger partial charge in [0.1, 0.15) is 5.76 Å². The zero-order valence-corrected chi connectivity index (χ0v) is 22.6. The summed E-state index contributed by atoms with van der Waals surface area (Å²) in [5.41, 5.74) is 4.02. The van der Waals surface area contributed by atoms with E-state index >= 15 is 0 Å². The predicted octanol–water partition coefficient (Wildman–Crippen LogP) is 4.60.